The molecule has 3 aromatic rings. The van der Waals surface area contributed by atoms with Gasteiger partial charge in [-0.15, -0.1) is 0 Å². The minimum absolute atomic E-state index is 0.566. The molecule has 5 heteroatoms. The molecule has 1 aliphatic heterocycles. The second-order valence-electron chi connectivity index (χ2n) is 8.88. The van der Waals surface area contributed by atoms with Crippen LogP contribution in [0, 0.1) is 0 Å². The van der Waals surface area contributed by atoms with Crippen LogP contribution in [0.25, 0.3) is 10.9 Å². The summed E-state index contributed by atoms with van der Waals surface area (Å²) in [5, 5.41) is 2.08. The molecule has 0 spiro atoms. The molecule has 1 aliphatic rings. The van der Waals surface area contributed by atoms with Crippen molar-refractivity contribution < 1.29 is 4.74 Å². The number of nitrogens with zero attached hydrogens (tertiary/aromatic N) is 3. The van der Waals surface area contributed by atoms with E-state index in [2.05, 4.69) is 59.8 Å². The molecular formula is C26H34ClN3O. The molecule has 0 bridgehead atoms. The second kappa shape index (κ2) is 10.1. The lowest BCUT2D eigenvalue weighted by Gasteiger charge is -2.35. The van der Waals surface area contributed by atoms with Gasteiger partial charge in [0.25, 0.3) is 0 Å². The summed E-state index contributed by atoms with van der Waals surface area (Å²) >= 11 is 6.01. The van der Waals surface area contributed by atoms with Gasteiger partial charge in [-0.05, 0) is 95.3 Å². The van der Waals surface area contributed by atoms with Gasteiger partial charge in [-0.1, -0.05) is 29.8 Å². The molecule has 1 saturated heterocycles. The third-order valence-corrected chi connectivity index (χ3v) is 6.97. The lowest BCUT2D eigenvalue weighted by atomic mass is 10.0. The van der Waals surface area contributed by atoms with E-state index in [-0.39, 0.29) is 0 Å². The molecular weight excluding hydrogens is 406 g/mol. The van der Waals surface area contributed by atoms with E-state index in [9.17, 15) is 0 Å². The normalized spacial score (nSPS) is 15.8. The van der Waals surface area contributed by atoms with Crippen molar-refractivity contribution in [3.05, 3.63) is 64.8 Å². The monoisotopic (exact) mass is 439 g/mol. The van der Waals surface area contributed by atoms with Crippen LogP contribution in [0.5, 0.6) is 5.75 Å². The SMILES string of the molecule is CN(C)C1CCN(CCCc2c(COc3ccc(Cl)cc3)n(C)c3ccccc23)CC1. The topological polar surface area (TPSA) is 20.6 Å². The van der Waals surface area contributed by atoms with Gasteiger partial charge in [-0.2, -0.15) is 0 Å². The lowest BCUT2D eigenvalue weighted by Crippen LogP contribution is -2.42. The van der Waals surface area contributed by atoms with Crippen LogP contribution in [0.3, 0.4) is 0 Å². The van der Waals surface area contributed by atoms with E-state index in [1.807, 2.05) is 24.3 Å². The van der Waals surface area contributed by atoms with Crippen LogP contribution in [0.4, 0.5) is 0 Å². The van der Waals surface area contributed by atoms with Crippen LogP contribution in [-0.2, 0) is 20.1 Å². The maximum absolute atomic E-state index is 6.13. The number of benzene rings is 2. The first-order valence-electron chi connectivity index (χ1n) is 11.3. The van der Waals surface area contributed by atoms with Crippen molar-refractivity contribution in [3.63, 3.8) is 0 Å². The van der Waals surface area contributed by atoms with E-state index in [1.165, 1.54) is 61.1 Å². The Morgan fingerprint density at radius 2 is 1.74 bits per heavy atom. The zero-order chi connectivity index (χ0) is 21.8. The number of ether oxygens (including phenoxy) is 1. The molecule has 31 heavy (non-hydrogen) atoms. The molecule has 0 saturated carbocycles. The number of likely N-dealkylation sites (tertiary alicyclic amines) is 1. The summed E-state index contributed by atoms with van der Waals surface area (Å²) in [6, 6.07) is 17.1. The first-order valence-corrected chi connectivity index (χ1v) is 11.7. The van der Waals surface area contributed by atoms with Crippen molar-refractivity contribution in [2.24, 2.45) is 7.05 Å². The summed E-state index contributed by atoms with van der Waals surface area (Å²) in [5.41, 5.74) is 3.97. The Morgan fingerprint density at radius 1 is 1.03 bits per heavy atom. The van der Waals surface area contributed by atoms with E-state index in [0.29, 0.717) is 6.61 Å². The second-order valence-corrected chi connectivity index (χ2v) is 9.32. The predicted molar refractivity (Wildman–Crippen MR) is 130 cm³/mol. The summed E-state index contributed by atoms with van der Waals surface area (Å²) in [5.74, 6) is 0.851. The quantitative estimate of drug-likeness (QED) is 0.470. The van der Waals surface area contributed by atoms with Gasteiger partial charge in [-0.25, -0.2) is 0 Å². The van der Waals surface area contributed by atoms with Crippen molar-refractivity contribution in [2.75, 3.05) is 33.7 Å². The Kier molecular flexibility index (Phi) is 7.21. The smallest absolute Gasteiger partial charge is 0.128 e. The number of aromatic nitrogens is 1. The third kappa shape index (κ3) is 5.25. The number of rotatable bonds is 8. The summed E-state index contributed by atoms with van der Waals surface area (Å²) in [7, 11) is 6.56. The highest BCUT2D eigenvalue weighted by atomic mass is 35.5. The van der Waals surface area contributed by atoms with Gasteiger partial charge in [0.2, 0.25) is 0 Å². The van der Waals surface area contributed by atoms with Crippen LogP contribution in [-0.4, -0.2) is 54.1 Å². The number of para-hydroxylation sites is 1. The molecule has 0 N–H and O–H groups in total. The number of halogens is 1. The van der Waals surface area contributed by atoms with Crippen LogP contribution in [0.15, 0.2) is 48.5 Å². The predicted octanol–water partition coefficient (Wildman–Crippen LogP) is 5.37. The Bertz CT molecular complexity index is 988. The molecule has 0 unspecified atom stereocenters. The highest BCUT2D eigenvalue weighted by molar-refractivity contribution is 6.30. The van der Waals surface area contributed by atoms with E-state index in [1.54, 1.807) is 0 Å². The maximum Gasteiger partial charge on any atom is 0.128 e. The molecule has 0 amide bonds. The molecule has 0 atom stereocenters. The molecule has 2 heterocycles. The van der Waals surface area contributed by atoms with E-state index >= 15 is 0 Å². The standard InChI is InChI=1S/C26H34ClN3O/c1-28(2)21-14-17-30(18-15-21)16-6-8-24-23-7-4-5-9-25(23)29(3)26(24)19-31-22-12-10-20(27)11-13-22/h4-5,7,9-13,21H,6,8,14-19H2,1-3H3. The molecule has 1 aromatic heterocycles. The molecule has 0 aliphatic carbocycles. The minimum Gasteiger partial charge on any atom is -0.487 e. The fraction of sp³-hybridized carbons (Fsp3) is 0.462. The van der Waals surface area contributed by atoms with Gasteiger partial charge >= 0.3 is 0 Å². The number of fused-ring (bicyclic) bond motifs is 1. The first-order chi connectivity index (χ1) is 15.0. The molecule has 166 valence electrons. The Labute approximate surface area is 191 Å². The van der Waals surface area contributed by atoms with Crippen LogP contribution in [0.2, 0.25) is 5.02 Å². The zero-order valence-electron chi connectivity index (χ0n) is 19.0. The van der Waals surface area contributed by atoms with Gasteiger partial charge in [0.15, 0.2) is 0 Å². The van der Waals surface area contributed by atoms with E-state index in [4.69, 9.17) is 16.3 Å². The molecule has 0 radical (unpaired) electrons. The highest BCUT2D eigenvalue weighted by Gasteiger charge is 2.21. The summed E-state index contributed by atoms with van der Waals surface area (Å²) < 4.78 is 8.43. The van der Waals surface area contributed by atoms with Gasteiger partial charge in [-0.3, -0.25) is 0 Å². The maximum atomic E-state index is 6.13. The first kappa shape index (κ1) is 22.2. The number of hydrogen-bond acceptors (Lipinski definition) is 3. The number of hydrogen-bond donors (Lipinski definition) is 0. The summed E-state index contributed by atoms with van der Waals surface area (Å²) in [6.45, 7) is 4.16. The Morgan fingerprint density at radius 3 is 2.45 bits per heavy atom. The zero-order valence-corrected chi connectivity index (χ0v) is 19.7. The van der Waals surface area contributed by atoms with Crippen molar-refractivity contribution in [2.45, 2.75) is 38.3 Å². The largest absolute Gasteiger partial charge is 0.487 e. The number of aryl methyl sites for hydroxylation is 2. The van der Waals surface area contributed by atoms with E-state index < -0.39 is 0 Å². The highest BCUT2D eigenvalue weighted by Crippen LogP contribution is 2.28. The van der Waals surface area contributed by atoms with Crippen molar-refractivity contribution in [1.29, 1.82) is 0 Å². The minimum atomic E-state index is 0.566. The van der Waals surface area contributed by atoms with Gasteiger partial charge in [0.1, 0.15) is 12.4 Å². The summed E-state index contributed by atoms with van der Waals surface area (Å²) in [4.78, 5) is 5.01. The summed E-state index contributed by atoms with van der Waals surface area (Å²) in [6.07, 6.45) is 4.81. The third-order valence-electron chi connectivity index (χ3n) is 6.72. The average Bonchev–Trinajstić information content (AvgIpc) is 3.05. The Balaban J connectivity index is 1.43. The van der Waals surface area contributed by atoms with Gasteiger partial charge in [0.05, 0.1) is 5.69 Å². The fourth-order valence-corrected chi connectivity index (χ4v) is 4.93. The van der Waals surface area contributed by atoms with Crippen molar-refractivity contribution in [3.8, 4) is 5.75 Å². The molecule has 2 aromatic carbocycles. The van der Waals surface area contributed by atoms with Crippen LogP contribution in [0.1, 0.15) is 30.5 Å². The lowest BCUT2D eigenvalue weighted by molar-refractivity contribution is 0.144. The van der Waals surface area contributed by atoms with Crippen molar-refractivity contribution >= 4 is 22.5 Å². The average molecular weight is 440 g/mol. The van der Waals surface area contributed by atoms with Gasteiger partial charge in [0, 0.05) is 29.0 Å². The Hall–Kier alpha value is -2.01. The number of piperidine rings is 1. The van der Waals surface area contributed by atoms with E-state index in [0.717, 1.165) is 23.2 Å². The van der Waals surface area contributed by atoms with Crippen LogP contribution < -0.4 is 4.74 Å². The van der Waals surface area contributed by atoms with Crippen molar-refractivity contribution in [1.82, 2.24) is 14.4 Å². The van der Waals surface area contributed by atoms with Gasteiger partial charge < -0.3 is 19.1 Å². The molecule has 4 rings (SSSR count). The van der Waals surface area contributed by atoms with Crippen LogP contribution >= 0.6 is 11.6 Å². The molecule has 4 nitrogen and oxygen atoms in total. The molecule has 1 fully saturated rings. The fourth-order valence-electron chi connectivity index (χ4n) is 4.81.